The minimum absolute atomic E-state index is 0.438. The van der Waals surface area contributed by atoms with Crippen molar-refractivity contribution in [3.63, 3.8) is 0 Å². The normalized spacial score (nSPS) is 24.4. The van der Waals surface area contributed by atoms with Gasteiger partial charge < -0.3 is 15.1 Å². The van der Waals surface area contributed by atoms with Gasteiger partial charge in [0.2, 0.25) is 0 Å². The van der Waals surface area contributed by atoms with Gasteiger partial charge in [-0.15, -0.1) is 0 Å². The number of piperidine rings is 1. The van der Waals surface area contributed by atoms with Crippen molar-refractivity contribution in [1.29, 1.82) is 0 Å². The van der Waals surface area contributed by atoms with Crippen molar-refractivity contribution in [1.82, 2.24) is 15.1 Å². The van der Waals surface area contributed by atoms with Gasteiger partial charge in [0.05, 0.1) is 0 Å². The van der Waals surface area contributed by atoms with E-state index in [2.05, 4.69) is 42.9 Å². The van der Waals surface area contributed by atoms with Crippen LogP contribution in [0.4, 0.5) is 0 Å². The molecular formula is C18H37N3. The van der Waals surface area contributed by atoms with Crippen LogP contribution in [0.1, 0.15) is 59.3 Å². The number of nitrogens with one attached hydrogen (secondary N) is 1. The monoisotopic (exact) mass is 295 g/mol. The Morgan fingerprint density at radius 1 is 1.14 bits per heavy atom. The summed E-state index contributed by atoms with van der Waals surface area (Å²) in [5.41, 5.74) is 0.438. The molecule has 1 aliphatic heterocycles. The predicted octanol–water partition coefficient (Wildman–Crippen LogP) is 2.96. The zero-order chi connectivity index (χ0) is 15.3. The molecule has 1 atom stereocenters. The Kier molecular flexibility index (Phi) is 6.51. The molecule has 124 valence electrons. The minimum atomic E-state index is 0.438. The highest BCUT2D eigenvalue weighted by atomic mass is 15.2. The van der Waals surface area contributed by atoms with Gasteiger partial charge in [-0.05, 0) is 64.2 Å². The maximum atomic E-state index is 3.77. The molecule has 2 rings (SSSR count). The van der Waals surface area contributed by atoms with Crippen LogP contribution in [0.15, 0.2) is 0 Å². The molecule has 2 fully saturated rings. The molecular weight excluding hydrogens is 258 g/mol. The van der Waals surface area contributed by atoms with Crippen molar-refractivity contribution >= 4 is 0 Å². The summed E-state index contributed by atoms with van der Waals surface area (Å²) in [5, 5.41) is 3.77. The molecule has 1 heterocycles. The van der Waals surface area contributed by atoms with Gasteiger partial charge in [0.15, 0.2) is 0 Å². The lowest BCUT2D eigenvalue weighted by molar-refractivity contribution is 0.0880. The Labute approximate surface area is 132 Å². The Hall–Kier alpha value is -0.120. The summed E-state index contributed by atoms with van der Waals surface area (Å²) in [7, 11) is 2.36. The van der Waals surface area contributed by atoms with Crippen LogP contribution in [-0.4, -0.2) is 61.7 Å². The van der Waals surface area contributed by atoms with Crippen molar-refractivity contribution < 1.29 is 0 Å². The van der Waals surface area contributed by atoms with E-state index in [0.717, 1.165) is 12.1 Å². The zero-order valence-corrected chi connectivity index (χ0v) is 14.8. The predicted molar refractivity (Wildman–Crippen MR) is 91.8 cm³/mol. The van der Waals surface area contributed by atoms with Gasteiger partial charge in [-0.2, -0.15) is 0 Å². The molecule has 3 heteroatoms. The first-order chi connectivity index (χ1) is 10.1. The molecule has 1 saturated heterocycles. The van der Waals surface area contributed by atoms with E-state index in [1.807, 2.05) is 0 Å². The van der Waals surface area contributed by atoms with Crippen molar-refractivity contribution in [2.24, 2.45) is 5.41 Å². The lowest BCUT2D eigenvalue weighted by Crippen LogP contribution is -2.48. The SMILES string of the molecule is CCCC(C)(CNC1CC1)CN(C)C1CCN(CC)CC1. The van der Waals surface area contributed by atoms with E-state index in [0.29, 0.717) is 5.41 Å². The fourth-order valence-electron chi connectivity index (χ4n) is 3.91. The largest absolute Gasteiger partial charge is 0.313 e. The van der Waals surface area contributed by atoms with Crippen molar-refractivity contribution in [3.8, 4) is 0 Å². The van der Waals surface area contributed by atoms with Crippen LogP contribution in [-0.2, 0) is 0 Å². The maximum Gasteiger partial charge on any atom is 0.0117 e. The number of hydrogen-bond donors (Lipinski definition) is 1. The second-order valence-corrected chi connectivity index (χ2v) is 7.80. The number of likely N-dealkylation sites (tertiary alicyclic amines) is 1. The fraction of sp³-hybridized carbons (Fsp3) is 1.00. The first kappa shape index (κ1) is 17.2. The van der Waals surface area contributed by atoms with Crippen LogP contribution >= 0.6 is 0 Å². The van der Waals surface area contributed by atoms with Gasteiger partial charge in [-0.3, -0.25) is 0 Å². The van der Waals surface area contributed by atoms with Crippen molar-refractivity contribution in [2.45, 2.75) is 71.4 Å². The van der Waals surface area contributed by atoms with Crippen molar-refractivity contribution in [2.75, 3.05) is 39.8 Å². The van der Waals surface area contributed by atoms with Gasteiger partial charge in [0.25, 0.3) is 0 Å². The van der Waals surface area contributed by atoms with E-state index in [1.165, 1.54) is 71.2 Å². The first-order valence-electron chi connectivity index (χ1n) is 9.22. The molecule has 0 amide bonds. The summed E-state index contributed by atoms with van der Waals surface area (Å²) in [5.74, 6) is 0. The summed E-state index contributed by atoms with van der Waals surface area (Å²) in [4.78, 5) is 5.25. The topological polar surface area (TPSA) is 18.5 Å². The summed E-state index contributed by atoms with van der Waals surface area (Å²) in [6.45, 7) is 13.3. The lowest BCUT2D eigenvalue weighted by Gasteiger charge is -2.41. The molecule has 21 heavy (non-hydrogen) atoms. The third kappa shape index (κ3) is 5.54. The smallest absolute Gasteiger partial charge is 0.0117 e. The molecule has 0 radical (unpaired) electrons. The third-order valence-corrected chi connectivity index (χ3v) is 5.51. The lowest BCUT2D eigenvalue weighted by atomic mass is 9.84. The van der Waals surface area contributed by atoms with Gasteiger partial charge in [0.1, 0.15) is 0 Å². The van der Waals surface area contributed by atoms with Gasteiger partial charge in [-0.1, -0.05) is 27.2 Å². The highest BCUT2D eigenvalue weighted by molar-refractivity contribution is 4.88. The first-order valence-corrected chi connectivity index (χ1v) is 9.22. The van der Waals surface area contributed by atoms with Crippen LogP contribution in [0, 0.1) is 5.41 Å². The van der Waals surface area contributed by atoms with Crippen LogP contribution in [0.2, 0.25) is 0 Å². The highest BCUT2D eigenvalue weighted by Gasteiger charge is 2.31. The molecule has 1 unspecified atom stereocenters. The molecule has 1 aliphatic carbocycles. The van der Waals surface area contributed by atoms with Crippen LogP contribution in [0.3, 0.4) is 0 Å². The maximum absolute atomic E-state index is 3.77. The molecule has 0 aromatic rings. The standard InChI is InChI=1S/C18H37N3/c1-5-11-18(3,14-19-16-7-8-16)15-20(4)17-9-12-21(6-2)13-10-17/h16-17,19H,5-15H2,1-4H3. The number of rotatable bonds is 9. The molecule has 3 nitrogen and oxygen atoms in total. The van der Waals surface area contributed by atoms with Crippen LogP contribution in [0.25, 0.3) is 0 Å². The number of hydrogen-bond acceptors (Lipinski definition) is 3. The Morgan fingerprint density at radius 2 is 1.81 bits per heavy atom. The zero-order valence-electron chi connectivity index (χ0n) is 14.8. The van der Waals surface area contributed by atoms with Crippen LogP contribution in [0.5, 0.6) is 0 Å². The number of nitrogens with zero attached hydrogens (tertiary/aromatic N) is 2. The molecule has 1 N–H and O–H groups in total. The molecule has 0 aromatic carbocycles. The molecule has 0 bridgehead atoms. The summed E-state index contributed by atoms with van der Waals surface area (Å²) in [6, 6.07) is 1.63. The van der Waals surface area contributed by atoms with E-state index < -0.39 is 0 Å². The van der Waals surface area contributed by atoms with Gasteiger partial charge in [0, 0.05) is 25.2 Å². The molecule has 2 aliphatic rings. The average molecular weight is 296 g/mol. The van der Waals surface area contributed by atoms with Gasteiger partial charge >= 0.3 is 0 Å². The fourth-order valence-corrected chi connectivity index (χ4v) is 3.91. The summed E-state index contributed by atoms with van der Waals surface area (Å²) in [6.07, 6.45) is 8.13. The van der Waals surface area contributed by atoms with E-state index in [4.69, 9.17) is 0 Å². The second-order valence-electron chi connectivity index (χ2n) is 7.80. The second kappa shape index (κ2) is 7.94. The van der Waals surface area contributed by atoms with E-state index in [1.54, 1.807) is 0 Å². The van der Waals surface area contributed by atoms with E-state index in [9.17, 15) is 0 Å². The third-order valence-electron chi connectivity index (χ3n) is 5.51. The molecule has 0 spiro atoms. The summed E-state index contributed by atoms with van der Waals surface area (Å²) >= 11 is 0. The Balaban J connectivity index is 1.80. The van der Waals surface area contributed by atoms with Crippen molar-refractivity contribution in [3.05, 3.63) is 0 Å². The molecule has 1 saturated carbocycles. The van der Waals surface area contributed by atoms with E-state index in [-0.39, 0.29) is 0 Å². The van der Waals surface area contributed by atoms with E-state index >= 15 is 0 Å². The highest BCUT2D eigenvalue weighted by Crippen LogP contribution is 2.28. The minimum Gasteiger partial charge on any atom is -0.313 e. The quantitative estimate of drug-likeness (QED) is 0.705. The van der Waals surface area contributed by atoms with Gasteiger partial charge in [-0.25, -0.2) is 0 Å². The Bertz CT molecular complexity index is 295. The molecule has 0 aromatic heterocycles. The Morgan fingerprint density at radius 3 is 2.33 bits per heavy atom. The summed E-state index contributed by atoms with van der Waals surface area (Å²) < 4.78 is 0. The van der Waals surface area contributed by atoms with Crippen LogP contribution < -0.4 is 5.32 Å². The average Bonchev–Trinajstić information content (AvgIpc) is 3.30.